The monoisotopic (exact) mass is 329 g/mol. The maximum atomic E-state index is 12.8. The molecule has 23 heavy (non-hydrogen) atoms. The molecule has 1 aromatic heterocycles. The van der Waals surface area contributed by atoms with Crippen molar-refractivity contribution in [1.82, 2.24) is 15.8 Å². The average Bonchev–Trinajstić information content (AvgIpc) is 3.19. The van der Waals surface area contributed by atoms with Crippen LogP contribution in [0.15, 0.2) is 47.2 Å². The van der Waals surface area contributed by atoms with Gasteiger partial charge in [-0.3, -0.25) is 15.0 Å². The summed E-state index contributed by atoms with van der Waals surface area (Å²) in [5.74, 6) is -0.977. The number of rotatable bonds is 4. The number of urea groups is 1. The van der Waals surface area contributed by atoms with Crippen molar-refractivity contribution in [2.75, 3.05) is 0 Å². The van der Waals surface area contributed by atoms with Crippen LogP contribution in [-0.2, 0) is 10.3 Å². The van der Waals surface area contributed by atoms with Crippen molar-refractivity contribution in [2.45, 2.75) is 18.9 Å². The third-order valence-corrected chi connectivity index (χ3v) is 4.57. The Balaban J connectivity index is 1.89. The Kier molecular flexibility index (Phi) is 3.87. The van der Waals surface area contributed by atoms with E-state index in [1.54, 1.807) is 41.1 Å². The smallest absolute Gasteiger partial charge is 0.318 e. The molecule has 1 saturated heterocycles. The van der Waals surface area contributed by atoms with Gasteiger partial charge in [0.15, 0.2) is 0 Å². The zero-order chi connectivity index (χ0) is 16.4. The van der Waals surface area contributed by atoms with Crippen LogP contribution in [0, 0.1) is 0 Å². The Bertz CT molecular complexity index is 745. The van der Waals surface area contributed by atoms with Crippen LogP contribution in [0.25, 0.3) is 0 Å². The molecular weight excluding hydrogens is 314 g/mol. The van der Waals surface area contributed by atoms with Gasteiger partial charge >= 0.3 is 6.03 Å². The minimum atomic E-state index is -1.15. The van der Waals surface area contributed by atoms with E-state index in [-0.39, 0.29) is 0 Å². The van der Waals surface area contributed by atoms with Gasteiger partial charge in [-0.15, -0.1) is 0 Å². The summed E-state index contributed by atoms with van der Waals surface area (Å²) in [6.07, 6.45) is 0.381. The van der Waals surface area contributed by atoms with E-state index in [9.17, 15) is 14.4 Å². The number of carbonyl (C=O) groups is 3. The summed E-state index contributed by atoms with van der Waals surface area (Å²) in [5.41, 5.74) is 2.32. The van der Waals surface area contributed by atoms with Crippen LogP contribution in [-0.4, -0.2) is 22.9 Å². The number of hydrazine groups is 1. The maximum Gasteiger partial charge on any atom is 0.344 e. The van der Waals surface area contributed by atoms with Crippen LogP contribution in [0.1, 0.15) is 29.3 Å². The number of imide groups is 1. The predicted molar refractivity (Wildman–Crippen MR) is 85.6 cm³/mol. The van der Waals surface area contributed by atoms with Gasteiger partial charge in [0.25, 0.3) is 11.8 Å². The second-order valence-electron chi connectivity index (χ2n) is 5.15. The maximum absolute atomic E-state index is 12.8. The molecule has 7 heteroatoms. The van der Waals surface area contributed by atoms with Crippen LogP contribution in [0.3, 0.4) is 0 Å². The summed E-state index contributed by atoms with van der Waals surface area (Å²) in [4.78, 5) is 37.1. The van der Waals surface area contributed by atoms with E-state index >= 15 is 0 Å². The van der Waals surface area contributed by atoms with E-state index in [0.29, 0.717) is 17.5 Å². The van der Waals surface area contributed by atoms with E-state index in [1.165, 1.54) is 11.3 Å². The van der Waals surface area contributed by atoms with Crippen molar-refractivity contribution in [3.63, 3.8) is 0 Å². The molecular formula is C16H15N3O3S. The van der Waals surface area contributed by atoms with Gasteiger partial charge in [0, 0.05) is 5.38 Å². The van der Waals surface area contributed by atoms with Gasteiger partial charge < -0.3 is 5.32 Å². The van der Waals surface area contributed by atoms with Gasteiger partial charge in [-0.1, -0.05) is 37.3 Å². The molecule has 0 radical (unpaired) electrons. The number of hydrogen-bond donors (Lipinski definition) is 2. The number of amides is 4. The Labute approximate surface area is 137 Å². The Morgan fingerprint density at radius 3 is 2.61 bits per heavy atom. The second kappa shape index (κ2) is 5.85. The van der Waals surface area contributed by atoms with Crippen molar-refractivity contribution in [2.24, 2.45) is 0 Å². The molecule has 1 fully saturated rings. The largest absolute Gasteiger partial charge is 0.344 e. The number of thiophene rings is 1. The first-order valence-corrected chi connectivity index (χ1v) is 8.08. The number of benzene rings is 1. The molecule has 3 rings (SSSR count). The van der Waals surface area contributed by atoms with Crippen molar-refractivity contribution >= 4 is 29.2 Å². The van der Waals surface area contributed by atoms with Crippen molar-refractivity contribution in [3.8, 4) is 0 Å². The van der Waals surface area contributed by atoms with Crippen LogP contribution < -0.4 is 10.7 Å². The van der Waals surface area contributed by atoms with Gasteiger partial charge in [0.05, 0.1) is 5.56 Å². The highest BCUT2D eigenvalue weighted by Crippen LogP contribution is 2.31. The molecule has 2 heterocycles. The Morgan fingerprint density at radius 2 is 2.00 bits per heavy atom. The quantitative estimate of drug-likeness (QED) is 0.845. The van der Waals surface area contributed by atoms with Gasteiger partial charge in [-0.05, 0) is 23.4 Å². The lowest BCUT2D eigenvalue weighted by atomic mass is 9.87. The first-order valence-electron chi connectivity index (χ1n) is 7.14. The SMILES string of the molecule is CC[C@]1(c2ccccc2)NC(=O)N(NC(=O)c2ccsc2)C1=O. The molecule has 1 aromatic carbocycles. The lowest BCUT2D eigenvalue weighted by molar-refractivity contribution is -0.133. The highest BCUT2D eigenvalue weighted by Gasteiger charge is 2.52. The van der Waals surface area contributed by atoms with Crippen LogP contribution in [0.5, 0.6) is 0 Å². The highest BCUT2D eigenvalue weighted by atomic mass is 32.1. The molecule has 118 valence electrons. The van der Waals surface area contributed by atoms with Crippen LogP contribution in [0.4, 0.5) is 4.79 Å². The summed E-state index contributed by atoms with van der Waals surface area (Å²) < 4.78 is 0. The zero-order valence-electron chi connectivity index (χ0n) is 12.4. The Hall–Kier alpha value is -2.67. The molecule has 4 amide bonds. The normalized spacial score (nSPS) is 20.5. The van der Waals surface area contributed by atoms with E-state index < -0.39 is 23.4 Å². The number of nitrogens with zero attached hydrogens (tertiary/aromatic N) is 1. The predicted octanol–water partition coefficient (Wildman–Crippen LogP) is 2.25. The van der Waals surface area contributed by atoms with E-state index in [0.717, 1.165) is 5.01 Å². The standard InChI is InChI=1S/C16H15N3O3S/c1-2-16(12-6-4-3-5-7-12)14(21)19(15(22)17-16)18-13(20)11-8-9-23-10-11/h3-10H,2H2,1H3,(H,17,22)(H,18,20)/t16-/m1/s1. The van der Waals surface area contributed by atoms with Gasteiger partial charge in [-0.2, -0.15) is 16.3 Å². The van der Waals surface area contributed by atoms with Crippen molar-refractivity contribution < 1.29 is 14.4 Å². The topological polar surface area (TPSA) is 78.5 Å². The van der Waals surface area contributed by atoms with Crippen molar-refractivity contribution in [1.29, 1.82) is 0 Å². The minimum absolute atomic E-state index is 0.381. The Morgan fingerprint density at radius 1 is 1.26 bits per heavy atom. The molecule has 0 aliphatic carbocycles. The molecule has 0 spiro atoms. The summed E-state index contributed by atoms with van der Waals surface area (Å²) in [5, 5.41) is 6.87. The fraction of sp³-hybridized carbons (Fsp3) is 0.188. The molecule has 1 atom stereocenters. The number of nitrogens with one attached hydrogen (secondary N) is 2. The first-order chi connectivity index (χ1) is 11.1. The first kappa shape index (κ1) is 15.2. The van der Waals surface area contributed by atoms with E-state index in [1.807, 2.05) is 13.0 Å². The minimum Gasteiger partial charge on any atom is -0.318 e. The van der Waals surface area contributed by atoms with Gasteiger partial charge in [0.2, 0.25) is 0 Å². The van der Waals surface area contributed by atoms with Gasteiger partial charge in [-0.25, -0.2) is 4.79 Å². The van der Waals surface area contributed by atoms with E-state index in [2.05, 4.69) is 10.7 Å². The second-order valence-corrected chi connectivity index (χ2v) is 5.93. The lowest BCUT2D eigenvalue weighted by Gasteiger charge is -2.25. The van der Waals surface area contributed by atoms with Crippen LogP contribution in [0.2, 0.25) is 0 Å². The summed E-state index contributed by atoms with van der Waals surface area (Å²) >= 11 is 1.36. The summed E-state index contributed by atoms with van der Waals surface area (Å²) in [6, 6.07) is 10.0. The fourth-order valence-corrected chi connectivity index (χ4v) is 3.23. The summed E-state index contributed by atoms with van der Waals surface area (Å²) in [6.45, 7) is 1.81. The zero-order valence-corrected chi connectivity index (χ0v) is 13.2. The molecule has 1 aliphatic heterocycles. The molecule has 2 N–H and O–H groups in total. The number of hydrogen-bond acceptors (Lipinski definition) is 4. The average molecular weight is 329 g/mol. The third kappa shape index (κ3) is 2.49. The van der Waals surface area contributed by atoms with Crippen molar-refractivity contribution in [3.05, 3.63) is 58.3 Å². The number of carbonyl (C=O) groups excluding carboxylic acids is 3. The fourth-order valence-electron chi connectivity index (χ4n) is 2.60. The highest BCUT2D eigenvalue weighted by molar-refractivity contribution is 7.08. The van der Waals surface area contributed by atoms with E-state index in [4.69, 9.17) is 0 Å². The molecule has 6 nitrogen and oxygen atoms in total. The third-order valence-electron chi connectivity index (χ3n) is 3.89. The molecule has 0 unspecified atom stereocenters. The molecule has 1 aliphatic rings. The van der Waals surface area contributed by atoms with Gasteiger partial charge in [0.1, 0.15) is 5.54 Å². The summed E-state index contributed by atoms with van der Waals surface area (Å²) in [7, 11) is 0. The lowest BCUT2D eigenvalue weighted by Crippen LogP contribution is -2.48. The molecule has 0 saturated carbocycles. The molecule has 2 aromatic rings. The molecule has 0 bridgehead atoms. The van der Waals surface area contributed by atoms with Crippen LogP contribution >= 0.6 is 11.3 Å².